The Kier molecular flexibility index (Phi) is 3.65. The molecule has 0 atom stereocenters. The number of benzene rings is 1. The molecule has 0 heterocycles. The first-order valence-electron chi connectivity index (χ1n) is 4.18. The lowest BCUT2D eigenvalue weighted by atomic mass is 10.1. The Labute approximate surface area is 102 Å². The monoisotopic (exact) mass is 284 g/mol. The van der Waals surface area contributed by atoms with E-state index in [-0.39, 0.29) is 6.07 Å². The third kappa shape index (κ3) is 3.00. The van der Waals surface area contributed by atoms with Crippen molar-refractivity contribution in [3.8, 4) is 0 Å². The van der Waals surface area contributed by atoms with Crippen molar-refractivity contribution in [2.75, 3.05) is 5.32 Å². The van der Waals surface area contributed by atoms with Gasteiger partial charge in [-0.1, -0.05) is 11.6 Å². The molecule has 0 aliphatic carbocycles. The van der Waals surface area contributed by atoms with Gasteiger partial charge in [0.05, 0.1) is 15.5 Å². The number of alkyl halides is 3. The standard InChI is InChI=1S/C8H4ClF3N2O4/c9-4-2-5(13-7(15)16)6(14(17)18)1-3(4)8(10,11)12/h1-2,13H,(H,15,16). The molecule has 0 aliphatic rings. The normalized spacial score (nSPS) is 11.1. The Hall–Kier alpha value is -2.03. The van der Waals surface area contributed by atoms with Crippen LogP contribution in [-0.4, -0.2) is 16.1 Å². The van der Waals surface area contributed by atoms with E-state index in [1.165, 1.54) is 0 Å². The summed E-state index contributed by atoms with van der Waals surface area (Å²) in [5, 5.41) is 19.7. The third-order valence-electron chi connectivity index (χ3n) is 1.83. The number of nitro benzene ring substituents is 1. The van der Waals surface area contributed by atoms with Crippen molar-refractivity contribution < 1.29 is 28.0 Å². The van der Waals surface area contributed by atoms with Crippen LogP contribution >= 0.6 is 11.6 Å². The molecular formula is C8H4ClF3N2O4. The molecular weight excluding hydrogens is 281 g/mol. The van der Waals surface area contributed by atoms with Crippen LogP contribution in [0, 0.1) is 10.1 Å². The van der Waals surface area contributed by atoms with Crippen LogP contribution in [0.5, 0.6) is 0 Å². The van der Waals surface area contributed by atoms with E-state index in [9.17, 15) is 28.1 Å². The number of hydrogen-bond donors (Lipinski definition) is 2. The number of halogens is 4. The van der Waals surface area contributed by atoms with E-state index in [4.69, 9.17) is 16.7 Å². The summed E-state index contributed by atoms with van der Waals surface area (Å²) in [6.45, 7) is 0. The highest BCUT2D eigenvalue weighted by Crippen LogP contribution is 2.40. The highest BCUT2D eigenvalue weighted by molar-refractivity contribution is 6.32. The van der Waals surface area contributed by atoms with E-state index in [0.717, 1.165) is 0 Å². The number of carbonyl (C=O) groups is 1. The van der Waals surface area contributed by atoms with Crippen molar-refractivity contribution in [2.45, 2.75) is 6.18 Å². The quantitative estimate of drug-likeness (QED) is 0.643. The minimum atomic E-state index is -4.87. The molecule has 18 heavy (non-hydrogen) atoms. The van der Waals surface area contributed by atoms with E-state index >= 15 is 0 Å². The lowest BCUT2D eigenvalue weighted by molar-refractivity contribution is -0.384. The summed E-state index contributed by atoms with van der Waals surface area (Å²) in [6.07, 6.45) is -6.53. The van der Waals surface area contributed by atoms with Crippen LogP contribution in [0.1, 0.15) is 5.56 Å². The molecule has 1 amide bonds. The van der Waals surface area contributed by atoms with Gasteiger partial charge in [-0.05, 0) is 6.07 Å². The number of anilines is 1. The average Bonchev–Trinajstić information content (AvgIpc) is 2.13. The Morgan fingerprint density at radius 1 is 1.44 bits per heavy atom. The molecule has 0 aromatic heterocycles. The predicted molar refractivity (Wildman–Crippen MR) is 54.8 cm³/mol. The van der Waals surface area contributed by atoms with Crippen molar-refractivity contribution in [1.29, 1.82) is 0 Å². The molecule has 98 valence electrons. The van der Waals surface area contributed by atoms with Crippen LogP contribution in [0.2, 0.25) is 5.02 Å². The Bertz CT molecular complexity index is 518. The number of nitro groups is 1. The zero-order chi connectivity index (χ0) is 14.1. The lowest BCUT2D eigenvalue weighted by Crippen LogP contribution is -2.12. The molecule has 0 radical (unpaired) electrons. The molecule has 1 rings (SSSR count). The summed E-state index contributed by atoms with van der Waals surface area (Å²) in [6, 6.07) is 0.713. The molecule has 0 aliphatic heterocycles. The van der Waals surface area contributed by atoms with Gasteiger partial charge >= 0.3 is 12.3 Å². The second-order valence-electron chi connectivity index (χ2n) is 3.03. The molecule has 0 fully saturated rings. The van der Waals surface area contributed by atoms with E-state index in [2.05, 4.69) is 0 Å². The van der Waals surface area contributed by atoms with Crippen molar-refractivity contribution in [2.24, 2.45) is 0 Å². The minimum Gasteiger partial charge on any atom is -0.465 e. The zero-order valence-electron chi connectivity index (χ0n) is 8.29. The first kappa shape index (κ1) is 14.0. The molecule has 0 spiro atoms. The number of nitrogens with one attached hydrogen (secondary N) is 1. The second kappa shape index (κ2) is 4.69. The number of amides is 1. The summed E-state index contributed by atoms with van der Waals surface area (Å²) < 4.78 is 37.3. The molecule has 10 heteroatoms. The van der Waals surface area contributed by atoms with Gasteiger partial charge < -0.3 is 5.11 Å². The molecule has 0 saturated heterocycles. The van der Waals surface area contributed by atoms with E-state index < -0.39 is 39.2 Å². The molecule has 0 bridgehead atoms. The minimum absolute atomic E-state index is 0.174. The summed E-state index contributed by atoms with van der Waals surface area (Å²) >= 11 is 5.30. The van der Waals surface area contributed by atoms with Crippen LogP contribution in [0.4, 0.5) is 29.3 Å². The third-order valence-corrected chi connectivity index (χ3v) is 2.14. The van der Waals surface area contributed by atoms with Crippen molar-refractivity contribution in [1.82, 2.24) is 0 Å². The summed E-state index contributed by atoms with van der Waals surface area (Å²) in [5.41, 5.74) is -3.08. The van der Waals surface area contributed by atoms with Gasteiger partial charge in [-0.15, -0.1) is 0 Å². The molecule has 1 aromatic carbocycles. The van der Waals surface area contributed by atoms with Gasteiger partial charge in [0.1, 0.15) is 5.69 Å². The molecule has 0 unspecified atom stereocenters. The lowest BCUT2D eigenvalue weighted by Gasteiger charge is -2.10. The summed E-state index contributed by atoms with van der Waals surface area (Å²) in [4.78, 5) is 19.8. The van der Waals surface area contributed by atoms with Gasteiger partial charge in [0.25, 0.3) is 5.69 Å². The zero-order valence-corrected chi connectivity index (χ0v) is 9.04. The largest absolute Gasteiger partial charge is 0.465 e. The highest BCUT2D eigenvalue weighted by Gasteiger charge is 2.36. The molecule has 1 aromatic rings. The van der Waals surface area contributed by atoms with Crippen molar-refractivity contribution >= 4 is 29.1 Å². The van der Waals surface area contributed by atoms with Crippen LogP contribution in [0.3, 0.4) is 0 Å². The van der Waals surface area contributed by atoms with Crippen molar-refractivity contribution in [3.63, 3.8) is 0 Å². The first-order chi connectivity index (χ1) is 8.12. The number of nitrogens with zero attached hydrogens (tertiary/aromatic N) is 1. The second-order valence-corrected chi connectivity index (χ2v) is 3.44. The van der Waals surface area contributed by atoms with Gasteiger partial charge in [0, 0.05) is 6.07 Å². The first-order valence-corrected chi connectivity index (χ1v) is 4.56. The maximum atomic E-state index is 12.4. The van der Waals surface area contributed by atoms with Crippen LogP contribution < -0.4 is 5.32 Å². The fraction of sp³-hybridized carbons (Fsp3) is 0.125. The Morgan fingerprint density at radius 2 is 2.00 bits per heavy atom. The maximum absolute atomic E-state index is 12.4. The van der Waals surface area contributed by atoms with E-state index in [1.54, 1.807) is 5.32 Å². The van der Waals surface area contributed by atoms with Crippen LogP contribution in [0.15, 0.2) is 12.1 Å². The Balaban J connectivity index is 3.44. The summed E-state index contributed by atoms with van der Waals surface area (Å²) in [5.74, 6) is 0. The maximum Gasteiger partial charge on any atom is 0.418 e. The average molecular weight is 285 g/mol. The summed E-state index contributed by atoms with van der Waals surface area (Å²) in [7, 11) is 0. The van der Waals surface area contributed by atoms with Crippen LogP contribution in [-0.2, 0) is 6.18 Å². The van der Waals surface area contributed by atoms with Gasteiger partial charge in [0.2, 0.25) is 0 Å². The predicted octanol–water partition coefficient (Wildman–Crippen LogP) is 3.36. The number of hydrogen-bond acceptors (Lipinski definition) is 3. The smallest absolute Gasteiger partial charge is 0.418 e. The van der Waals surface area contributed by atoms with Gasteiger partial charge in [-0.25, -0.2) is 4.79 Å². The fourth-order valence-electron chi connectivity index (χ4n) is 1.15. The SMILES string of the molecule is O=C(O)Nc1cc(Cl)c(C(F)(F)F)cc1[N+](=O)[O-]. The van der Waals surface area contributed by atoms with Crippen molar-refractivity contribution in [3.05, 3.63) is 32.8 Å². The number of carboxylic acid groups (broad SMARTS) is 1. The Morgan fingerprint density at radius 3 is 2.39 bits per heavy atom. The van der Waals surface area contributed by atoms with Gasteiger partial charge in [0.15, 0.2) is 0 Å². The number of rotatable bonds is 2. The van der Waals surface area contributed by atoms with Gasteiger partial charge in [-0.3, -0.25) is 15.4 Å². The van der Waals surface area contributed by atoms with E-state index in [1.807, 2.05) is 0 Å². The van der Waals surface area contributed by atoms with E-state index in [0.29, 0.717) is 6.07 Å². The van der Waals surface area contributed by atoms with Gasteiger partial charge in [-0.2, -0.15) is 13.2 Å². The highest BCUT2D eigenvalue weighted by atomic mass is 35.5. The topological polar surface area (TPSA) is 92.5 Å². The molecule has 6 nitrogen and oxygen atoms in total. The van der Waals surface area contributed by atoms with Crippen LogP contribution in [0.25, 0.3) is 0 Å². The molecule has 0 saturated carbocycles. The molecule has 2 N–H and O–H groups in total. The fourth-order valence-corrected chi connectivity index (χ4v) is 1.42.